The molecule has 3 aromatic carbocycles. The first kappa shape index (κ1) is 13.7. The number of hydrogen-bond donors (Lipinski definition) is 0. The molecule has 0 fully saturated rings. The summed E-state index contributed by atoms with van der Waals surface area (Å²) in [5.74, 6) is 2.85. The van der Waals surface area contributed by atoms with Crippen LogP contribution in [0.3, 0.4) is 0 Å². The van der Waals surface area contributed by atoms with Gasteiger partial charge in [0, 0.05) is 11.6 Å². The van der Waals surface area contributed by atoms with Crippen LogP contribution in [0.2, 0.25) is 0 Å². The maximum Gasteiger partial charge on any atom is 0.173 e. The Labute approximate surface area is 141 Å². The van der Waals surface area contributed by atoms with Crippen molar-refractivity contribution in [2.24, 2.45) is 0 Å². The first-order chi connectivity index (χ1) is 11.8. The predicted molar refractivity (Wildman–Crippen MR) is 96.0 cm³/mol. The lowest BCUT2D eigenvalue weighted by Crippen LogP contribution is -1.97. The van der Waals surface area contributed by atoms with E-state index in [0.29, 0.717) is 0 Å². The van der Waals surface area contributed by atoms with Gasteiger partial charge in [0.15, 0.2) is 11.5 Å². The van der Waals surface area contributed by atoms with Crippen molar-refractivity contribution in [1.82, 2.24) is 0 Å². The van der Waals surface area contributed by atoms with Crippen LogP contribution in [0.25, 0.3) is 22.3 Å². The molecule has 5 rings (SSSR count). The van der Waals surface area contributed by atoms with Crippen molar-refractivity contribution in [1.29, 1.82) is 0 Å². The summed E-state index contributed by atoms with van der Waals surface area (Å²) in [6.07, 6.45) is 1.97. The lowest BCUT2D eigenvalue weighted by Gasteiger charge is -2.13. The number of rotatable bonds is 4. The fraction of sp³-hybridized carbons (Fsp3) is 0.182. The van der Waals surface area contributed by atoms with Gasteiger partial charge < -0.3 is 9.47 Å². The molecule has 3 aromatic rings. The van der Waals surface area contributed by atoms with Gasteiger partial charge in [-0.1, -0.05) is 49.4 Å². The van der Waals surface area contributed by atoms with E-state index in [9.17, 15) is 0 Å². The van der Waals surface area contributed by atoms with Crippen molar-refractivity contribution in [3.63, 3.8) is 0 Å². The number of benzene rings is 3. The number of fused-ring (bicyclic) bond motifs is 4. The molecular formula is C22H18O2. The Bertz CT molecular complexity index is 956. The second-order valence-electron chi connectivity index (χ2n) is 6.41. The van der Waals surface area contributed by atoms with Crippen molar-refractivity contribution in [3.8, 4) is 39.5 Å². The van der Waals surface area contributed by atoms with Crippen LogP contribution in [0.4, 0.5) is 0 Å². The van der Waals surface area contributed by atoms with Gasteiger partial charge in [-0.05, 0) is 46.7 Å². The van der Waals surface area contributed by atoms with Gasteiger partial charge >= 0.3 is 0 Å². The third-order valence-electron chi connectivity index (χ3n) is 4.83. The van der Waals surface area contributed by atoms with E-state index < -0.39 is 0 Å². The predicted octanol–water partition coefficient (Wildman–Crippen LogP) is 5.82. The van der Waals surface area contributed by atoms with E-state index in [1.807, 2.05) is 6.07 Å². The summed E-state index contributed by atoms with van der Waals surface area (Å²) in [6, 6.07) is 19.4. The summed E-state index contributed by atoms with van der Waals surface area (Å²) in [6.45, 7) is 2.85. The van der Waals surface area contributed by atoms with Gasteiger partial charge in [-0.25, -0.2) is 0 Å². The van der Waals surface area contributed by atoms with E-state index in [4.69, 9.17) is 9.47 Å². The Hall–Kier alpha value is -2.74. The molecule has 0 bridgehead atoms. The van der Waals surface area contributed by atoms with E-state index in [1.54, 1.807) is 0 Å². The monoisotopic (exact) mass is 314 g/mol. The van der Waals surface area contributed by atoms with Crippen LogP contribution in [-0.2, 0) is 6.42 Å². The molecule has 0 aromatic heterocycles. The Morgan fingerprint density at radius 2 is 1.62 bits per heavy atom. The molecule has 24 heavy (non-hydrogen) atoms. The third-order valence-corrected chi connectivity index (χ3v) is 4.83. The average Bonchev–Trinajstić information content (AvgIpc) is 3.28. The van der Waals surface area contributed by atoms with Crippen molar-refractivity contribution in [3.05, 3.63) is 65.7 Å². The van der Waals surface area contributed by atoms with Gasteiger partial charge in [0.2, 0.25) is 0 Å². The molecule has 0 spiro atoms. The second-order valence-corrected chi connectivity index (χ2v) is 6.41. The Balaban J connectivity index is 1.67. The SMILES string of the molecule is CCCOc1cc2c(cc1-c1cccc3c1Cc1ccccc1-3)O2. The van der Waals surface area contributed by atoms with Crippen LogP contribution in [0, 0.1) is 0 Å². The maximum absolute atomic E-state index is 6.01. The van der Waals surface area contributed by atoms with Crippen molar-refractivity contribution < 1.29 is 9.47 Å². The van der Waals surface area contributed by atoms with Crippen LogP contribution in [-0.4, -0.2) is 6.61 Å². The van der Waals surface area contributed by atoms with E-state index in [0.717, 1.165) is 42.3 Å². The second kappa shape index (κ2) is 5.13. The van der Waals surface area contributed by atoms with Crippen LogP contribution in [0.15, 0.2) is 54.6 Å². The van der Waals surface area contributed by atoms with E-state index in [1.165, 1.54) is 27.8 Å². The van der Waals surface area contributed by atoms with E-state index >= 15 is 0 Å². The summed E-state index contributed by atoms with van der Waals surface area (Å²) < 4.78 is 11.5. The lowest BCUT2D eigenvalue weighted by atomic mass is 9.95. The molecule has 1 aliphatic heterocycles. The van der Waals surface area contributed by atoms with Gasteiger partial charge in [-0.15, -0.1) is 0 Å². The van der Waals surface area contributed by atoms with Gasteiger partial charge in [-0.2, -0.15) is 0 Å². The molecule has 2 nitrogen and oxygen atoms in total. The summed E-state index contributed by atoms with van der Waals surface area (Å²) in [4.78, 5) is 0. The fourth-order valence-corrected chi connectivity index (χ4v) is 3.64. The van der Waals surface area contributed by atoms with E-state index in [-0.39, 0.29) is 0 Å². The molecule has 1 heterocycles. The molecule has 0 N–H and O–H groups in total. The van der Waals surface area contributed by atoms with Gasteiger partial charge in [-0.3, -0.25) is 0 Å². The standard InChI is InChI=1S/C22H18O2/c1-2-10-23-20-13-22-21(24-22)12-19(20)17-9-5-8-16-15-7-4-3-6-14(15)11-18(16)17/h3-9,12-13H,2,10-11H2,1H3. The number of hydrogen-bond acceptors (Lipinski definition) is 2. The molecule has 1 aliphatic carbocycles. The Morgan fingerprint density at radius 1 is 0.875 bits per heavy atom. The van der Waals surface area contributed by atoms with Crippen LogP contribution in [0.5, 0.6) is 17.2 Å². The zero-order valence-corrected chi connectivity index (χ0v) is 13.6. The summed E-state index contributed by atoms with van der Waals surface area (Å²) in [7, 11) is 0. The molecular weight excluding hydrogens is 296 g/mol. The Morgan fingerprint density at radius 3 is 2.50 bits per heavy atom. The van der Waals surface area contributed by atoms with Crippen LogP contribution in [0.1, 0.15) is 24.5 Å². The smallest absolute Gasteiger partial charge is 0.173 e. The third kappa shape index (κ3) is 2.03. The minimum absolute atomic E-state index is 0.723. The minimum atomic E-state index is 0.723. The highest BCUT2D eigenvalue weighted by atomic mass is 16.6. The molecule has 0 saturated carbocycles. The van der Waals surface area contributed by atoms with Gasteiger partial charge in [0.05, 0.1) is 6.61 Å². The molecule has 0 radical (unpaired) electrons. The average molecular weight is 314 g/mol. The molecule has 2 heteroatoms. The molecule has 0 amide bonds. The molecule has 2 aliphatic rings. The minimum Gasteiger partial charge on any atom is -0.493 e. The Kier molecular flexibility index (Phi) is 2.93. The van der Waals surface area contributed by atoms with Crippen molar-refractivity contribution >= 4 is 0 Å². The summed E-state index contributed by atoms with van der Waals surface area (Å²) in [5.41, 5.74) is 7.89. The molecule has 118 valence electrons. The molecule has 0 atom stereocenters. The first-order valence-corrected chi connectivity index (χ1v) is 8.54. The van der Waals surface area contributed by atoms with Crippen LogP contribution < -0.4 is 9.47 Å². The highest BCUT2D eigenvalue weighted by Crippen LogP contribution is 2.53. The largest absolute Gasteiger partial charge is 0.493 e. The maximum atomic E-state index is 6.01. The highest BCUT2D eigenvalue weighted by Gasteiger charge is 2.27. The molecule has 0 unspecified atom stereocenters. The van der Waals surface area contributed by atoms with Crippen molar-refractivity contribution in [2.45, 2.75) is 19.8 Å². The summed E-state index contributed by atoms with van der Waals surface area (Å²) in [5, 5.41) is 0. The fourth-order valence-electron chi connectivity index (χ4n) is 3.64. The van der Waals surface area contributed by atoms with Gasteiger partial charge in [0.25, 0.3) is 0 Å². The first-order valence-electron chi connectivity index (χ1n) is 8.54. The molecule has 0 saturated heterocycles. The van der Waals surface area contributed by atoms with Gasteiger partial charge in [0.1, 0.15) is 5.75 Å². The summed E-state index contributed by atoms with van der Waals surface area (Å²) >= 11 is 0. The lowest BCUT2D eigenvalue weighted by molar-refractivity contribution is 0.319. The van der Waals surface area contributed by atoms with Crippen LogP contribution >= 0.6 is 0 Å². The zero-order valence-electron chi connectivity index (χ0n) is 13.6. The normalized spacial score (nSPS) is 12.9. The van der Waals surface area contributed by atoms with E-state index in [2.05, 4.69) is 55.5 Å². The highest BCUT2D eigenvalue weighted by molar-refractivity contribution is 5.88. The zero-order chi connectivity index (χ0) is 16.1. The topological polar surface area (TPSA) is 21.8 Å². The number of ether oxygens (including phenoxy) is 2. The van der Waals surface area contributed by atoms with Crippen molar-refractivity contribution in [2.75, 3.05) is 6.61 Å². The quantitative estimate of drug-likeness (QED) is 0.390.